The molecule has 0 aliphatic rings. The lowest BCUT2D eigenvalue weighted by Gasteiger charge is -2.12. The van der Waals surface area contributed by atoms with Crippen LogP contribution in [0.2, 0.25) is 0 Å². The minimum Gasteiger partial charge on any atom is -0.452 e. The fourth-order valence-corrected chi connectivity index (χ4v) is 3.46. The first-order chi connectivity index (χ1) is 11.0. The summed E-state index contributed by atoms with van der Waals surface area (Å²) in [7, 11) is -3.74. The van der Waals surface area contributed by atoms with Crippen LogP contribution < -0.4 is 10.0 Å². The number of carbonyl (C=O) groups is 2. The standard InChI is InChI=1S/C15H21BrN2O5S/c1-9(2)17-14(19)8-23-15(20)12-7-11(5-6-13(12)16)24(21,22)18-10(3)4/h5-7,9-10,18H,8H2,1-4H3,(H,17,19). The Labute approximate surface area is 150 Å². The van der Waals surface area contributed by atoms with E-state index in [1.165, 1.54) is 18.2 Å². The van der Waals surface area contributed by atoms with Gasteiger partial charge in [0.15, 0.2) is 6.61 Å². The molecular weight excluding hydrogens is 400 g/mol. The lowest BCUT2D eigenvalue weighted by molar-refractivity contribution is -0.124. The minimum absolute atomic E-state index is 0.0268. The van der Waals surface area contributed by atoms with Gasteiger partial charge in [0.25, 0.3) is 5.91 Å². The molecule has 24 heavy (non-hydrogen) atoms. The summed E-state index contributed by atoms with van der Waals surface area (Å²) < 4.78 is 32.1. The molecular formula is C15H21BrN2O5S. The fourth-order valence-electron chi connectivity index (χ4n) is 1.78. The lowest BCUT2D eigenvalue weighted by Crippen LogP contribution is -2.34. The molecule has 0 heterocycles. The second kappa shape index (κ2) is 8.59. The van der Waals surface area contributed by atoms with Gasteiger partial charge >= 0.3 is 5.97 Å². The smallest absolute Gasteiger partial charge is 0.339 e. The maximum Gasteiger partial charge on any atom is 0.339 e. The van der Waals surface area contributed by atoms with E-state index in [0.717, 1.165) is 0 Å². The SMILES string of the molecule is CC(C)NC(=O)COC(=O)c1cc(S(=O)(=O)NC(C)C)ccc1Br. The van der Waals surface area contributed by atoms with Gasteiger partial charge in [-0.1, -0.05) is 0 Å². The van der Waals surface area contributed by atoms with E-state index in [1.807, 2.05) is 0 Å². The van der Waals surface area contributed by atoms with Crippen LogP contribution in [0.1, 0.15) is 38.1 Å². The molecule has 0 saturated heterocycles. The van der Waals surface area contributed by atoms with Crippen molar-refractivity contribution in [1.29, 1.82) is 0 Å². The summed E-state index contributed by atoms with van der Waals surface area (Å²) in [5.41, 5.74) is 0.0268. The number of esters is 1. The second-order valence-corrected chi connectivity index (χ2v) is 8.28. The number of ether oxygens (including phenoxy) is 1. The third kappa shape index (κ3) is 6.21. The van der Waals surface area contributed by atoms with E-state index in [9.17, 15) is 18.0 Å². The van der Waals surface area contributed by atoms with Gasteiger partial charge in [0.1, 0.15) is 0 Å². The third-order valence-electron chi connectivity index (χ3n) is 2.64. The molecule has 0 saturated carbocycles. The lowest BCUT2D eigenvalue weighted by atomic mass is 10.2. The summed E-state index contributed by atoms with van der Waals surface area (Å²) in [4.78, 5) is 23.6. The van der Waals surface area contributed by atoms with E-state index in [-0.39, 0.29) is 22.5 Å². The number of nitrogens with one attached hydrogen (secondary N) is 2. The number of hydrogen-bond acceptors (Lipinski definition) is 5. The molecule has 0 bridgehead atoms. The van der Waals surface area contributed by atoms with Crippen molar-refractivity contribution in [2.75, 3.05) is 6.61 Å². The molecule has 9 heteroatoms. The van der Waals surface area contributed by atoms with Crippen molar-refractivity contribution in [3.63, 3.8) is 0 Å². The molecule has 134 valence electrons. The van der Waals surface area contributed by atoms with Crippen LogP contribution in [0.5, 0.6) is 0 Å². The van der Waals surface area contributed by atoms with Gasteiger partial charge in [-0.25, -0.2) is 17.9 Å². The molecule has 1 aromatic carbocycles. The third-order valence-corrected chi connectivity index (χ3v) is 4.99. The van der Waals surface area contributed by atoms with Crippen LogP contribution in [0.3, 0.4) is 0 Å². The molecule has 1 aromatic rings. The highest BCUT2D eigenvalue weighted by atomic mass is 79.9. The summed E-state index contributed by atoms with van der Waals surface area (Å²) in [6.07, 6.45) is 0. The van der Waals surface area contributed by atoms with E-state index in [0.29, 0.717) is 4.47 Å². The van der Waals surface area contributed by atoms with Crippen molar-refractivity contribution in [2.45, 2.75) is 44.7 Å². The van der Waals surface area contributed by atoms with Crippen molar-refractivity contribution in [1.82, 2.24) is 10.0 Å². The van der Waals surface area contributed by atoms with Gasteiger partial charge in [-0.15, -0.1) is 0 Å². The van der Waals surface area contributed by atoms with Gasteiger partial charge in [-0.05, 0) is 61.8 Å². The van der Waals surface area contributed by atoms with E-state index in [2.05, 4.69) is 26.0 Å². The number of amides is 1. The summed E-state index contributed by atoms with van der Waals surface area (Å²) in [5, 5.41) is 2.59. The molecule has 0 fully saturated rings. The Balaban J connectivity index is 2.94. The predicted molar refractivity (Wildman–Crippen MR) is 93.2 cm³/mol. The first kappa shape index (κ1) is 20.6. The highest BCUT2D eigenvalue weighted by Gasteiger charge is 2.20. The van der Waals surface area contributed by atoms with Crippen LogP contribution in [0.15, 0.2) is 27.6 Å². The maximum atomic E-state index is 12.2. The molecule has 1 rings (SSSR count). The van der Waals surface area contributed by atoms with Gasteiger partial charge in [-0.2, -0.15) is 0 Å². The molecule has 0 atom stereocenters. The largest absolute Gasteiger partial charge is 0.452 e. The van der Waals surface area contributed by atoms with Crippen molar-refractivity contribution >= 4 is 37.8 Å². The van der Waals surface area contributed by atoms with Crippen molar-refractivity contribution in [3.8, 4) is 0 Å². The molecule has 1 amide bonds. The van der Waals surface area contributed by atoms with Crippen LogP contribution in [0, 0.1) is 0 Å². The van der Waals surface area contributed by atoms with Gasteiger partial charge in [0.2, 0.25) is 10.0 Å². The van der Waals surface area contributed by atoms with E-state index in [4.69, 9.17) is 4.74 Å². The monoisotopic (exact) mass is 420 g/mol. The van der Waals surface area contributed by atoms with Gasteiger partial charge in [0.05, 0.1) is 10.5 Å². The van der Waals surface area contributed by atoms with E-state index in [1.54, 1.807) is 27.7 Å². The Hall–Kier alpha value is -1.45. The molecule has 0 aromatic heterocycles. The topological polar surface area (TPSA) is 102 Å². The molecule has 0 spiro atoms. The normalized spacial score (nSPS) is 11.6. The molecule has 0 radical (unpaired) electrons. The summed E-state index contributed by atoms with van der Waals surface area (Å²) in [6, 6.07) is 3.67. The first-order valence-corrected chi connectivity index (χ1v) is 9.59. The van der Waals surface area contributed by atoms with Gasteiger partial charge in [0, 0.05) is 16.6 Å². The maximum absolute atomic E-state index is 12.2. The Morgan fingerprint density at radius 2 is 1.79 bits per heavy atom. The quantitative estimate of drug-likeness (QED) is 0.654. The fraction of sp³-hybridized carbons (Fsp3) is 0.467. The van der Waals surface area contributed by atoms with E-state index >= 15 is 0 Å². The number of carbonyl (C=O) groups excluding carboxylic acids is 2. The summed E-state index contributed by atoms with van der Waals surface area (Å²) in [6.45, 7) is 6.52. The number of rotatable bonds is 7. The average molecular weight is 421 g/mol. The minimum atomic E-state index is -3.74. The zero-order valence-electron chi connectivity index (χ0n) is 13.9. The Morgan fingerprint density at radius 3 is 2.33 bits per heavy atom. The van der Waals surface area contributed by atoms with Crippen molar-refractivity contribution in [2.24, 2.45) is 0 Å². The molecule has 7 nitrogen and oxygen atoms in total. The molecule has 0 aliphatic heterocycles. The average Bonchev–Trinajstić information content (AvgIpc) is 2.42. The number of sulfonamides is 1. The second-order valence-electron chi connectivity index (χ2n) is 5.72. The molecule has 2 N–H and O–H groups in total. The van der Waals surface area contributed by atoms with Crippen LogP contribution in [-0.4, -0.2) is 39.0 Å². The molecule has 0 unspecified atom stereocenters. The van der Waals surface area contributed by atoms with Gasteiger partial charge in [-0.3, -0.25) is 4.79 Å². The number of hydrogen-bond donors (Lipinski definition) is 2. The Kier molecular flexibility index (Phi) is 7.37. The van der Waals surface area contributed by atoms with Crippen LogP contribution in [0.4, 0.5) is 0 Å². The summed E-state index contributed by atoms with van der Waals surface area (Å²) >= 11 is 3.18. The predicted octanol–water partition coefficient (Wildman–Crippen LogP) is 1.82. The Bertz CT molecular complexity index is 717. The highest BCUT2D eigenvalue weighted by molar-refractivity contribution is 9.10. The van der Waals surface area contributed by atoms with Crippen LogP contribution in [-0.2, 0) is 19.6 Å². The van der Waals surface area contributed by atoms with Crippen LogP contribution >= 0.6 is 15.9 Å². The first-order valence-electron chi connectivity index (χ1n) is 7.31. The zero-order valence-corrected chi connectivity index (χ0v) is 16.3. The highest BCUT2D eigenvalue weighted by Crippen LogP contribution is 2.22. The van der Waals surface area contributed by atoms with E-state index < -0.39 is 28.5 Å². The zero-order chi connectivity index (χ0) is 18.5. The van der Waals surface area contributed by atoms with Crippen LogP contribution in [0.25, 0.3) is 0 Å². The summed E-state index contributed by atoms with van der Waals surface area (Å²) in [5.74, 6) is -1.22. The Morgan fingerprint density at radius 1 is 1.17 bits per heavy atom. The number of halogens is 1. The van der Waals surface area contributed by atoms with Gasteiger partial charge < -0.3 is 10.1 Å². The van der Waals surface area contributed by atoms with Crippen molar-refractivity contribution < 1.29 is 22.7 Å². The number of benzene rings is 1. The molecule has 0 aliphatic carbocycles. The van der Waals surface area contributed by atoms with Crippen molar-refractivity contribution in [3.05, 3.63) is 28.2 Å².